The van der Waals surface area contributed by atoms with E-state index in [9.17, 15) is 0 Å². The highest BCUT2D eigenvalue weighted by Gasteiger charge is 2.05. The molecule has 0 saturated heterocycles. The van der Waals surface area contributed by atoms with E-state index in [0.29, 0.717) is 12.4 Å². The topological polar surface area (TPSA) is 52.0 Å². The van der Waals surface area contributed by atoms with Gasteiger partial charge in [0, 0.05) is 0 Å². The van der Waals surface area contributed by atoms with Crippen molar-refractivity contribution in [2.75, 3.05) is 0 Å². The van der Waals surface area contributed by atoms with Crippen molar-refractivity contribution in [3.05, 3.63) is 54.4 Å². The van der Waals surface area contributed by atoms with Crippen molar-refractivity contribution in [2.24, 2.45) is 5.73 Å². The molecular weight excluding hydrogens is 212 g/mol. The van der Waals surface area contributed by atoms with E-state index >= 15 is 0 Å². The molecule has 0 fully saturated rings. The quantitative estimate of drug-likeness (QED) is 0.728. The predicted octanol–water partition coefficient (Wildman–Crippen LogP) is 2.95. The van der Waals surface area contributed by atoms with Crippen LogP contribution in [0.3, 0.4) is 0 Å². The van der Waals surface area contributed by atoms with Gasteiger partial charge in [-0.2, -0.15) is 0 Å². The van der Waals surface area contributed by atoms with Crippen molar-refractivity contribution in [1.29, 1.82) is 0 Å². The van der Waals surface area contributed by atoms with Crippen molar-refractivity contribution in [3.8, 4) is 11.1 Å². The molecule has 2 N–H and O–H groups in total. The summed E-state index contributed by atoms with van der Waals surface area (Å²) < 4.78 is 5.47. The zero-order chi connectivity index (χ0) is 11.7. The third kappa shape index (κ3) is 1.81. The van der Waals surface area contributed by atoms with Gasteiger partial charge in [-0.1, -0.05) is 36.4 Å². The van der Waals surface area contributed by atoms with Gasteiger partial charge in [-0.05, 0) is 23.3 Å². The molecule has 1 heterocycles. The van der Waals surface area contributed by atoms with Gasteiger partial charge in [0.15, 0.2) is 5.58 Å². The Morgan fingerprint density at radius 3 is 2.59 bits per heavy atom. The molecule has 0 aliphatic rings. The van der Waals surface area contributed by atoms with E-state index in [2.05, 4.69) is 17.1 Å². The number of hydrogen-bond donors (Lipinski definition) is 1. The van der Waals surface area contributed by atoms with Crippen LogP contribution in [-0.4, -0.2) is 4.98 Å². The van der Waals surface area contributed by atoms with Gasteiger partial charge in [0.05, 0.1) is 6.54 Å². The molecule has 0 unspecified atom stereocenters. The maximum Gasteiger partial charge on any atom is 0.209 e. The Balaban J connectivity index is 2.13. The summed E-state index contributed by atoms with van der Waals surface area (Å²) in [5.74, 6) is 0.574. The highest BCUT2D eigenvalue weighted by atomic mass is 16.3. The molecule has 3 rings (SSSR count). The monoisotopic (exact) mass is 224 g/mol. The first kappa shape index (κ1) is 10.1. The summed E-state index contributed by atoms with van der Waals surface area (Å²) in [4.78, 5) is 4.33. The fraction of sp³-hybridized carbons (Fsp3) is 0.0714. The summed E-state index contributed by atoms with van der Waals surface area (Å²) in [5.41, 5.74) is 9.45. The van der Waals surface area contributed by atoms with E-state index in [1.54, 1.807) is 0 Å². The fourth-order valence-corrected chi connectivity index (χ4v) is 1.87. The Labute approximate surface area is 98.9 Å². The second kappa shape index (κ2) is 4.03. The Kier molecular flexibility index (Phi) is 2.38. The van der Waals surface area contributed by atoms with Crippen LogP contribution in [-0.2, 0) is 6.54 Å². The van der Waals surface area contributed by atoms with Crippen LogP contribution in [0.25, 0.3) is 22.2 Å². The summed E-state index contributed by atoms with van der Waals surface area (Å²) in [7, 11) is 0. The largest absolute Gasteiger partial charge is 0.439 e. The molecule has 0 aliphatic carbocycles. The van der Waals surface area contributed by atoms with Crippen LogP contribution >= 0.6 is 0 Å². The number of hydrogen-bond acceptors (Lipinski definition) is 3. The molecule has 3 nitrogen and oxygen atoms in total. The Morgan fingerprint density at radius 2 is 1.82 bits per heavy atom. The molecule has 3 heteroatoms. The van der Waals surface area contributed by atoms with Gasteiger partial charge < -0.3 is 10.2 Å². The van der Waals surface area contributed by atoms with Crippen molar-refractivity contribution >= 4 is 11.1 Å². The molecule has 84 valence electrons. The predicted molar refractivity (Wildman–Crippen MR) is 67.3 cm³/mol. The number of nitrogens with zero attached hydrogens (tertiary/aromatic N) is 1. The van der Waals surface area contributed by atoms with E-state index in [0.717, 1.165) is 16.7 Å². The molecule has 17 heavy (non-hydrogen) atoms. The van der Waals surface area contributed by atoms with Gasteiger partial charge in [0.25, 0.3) is 0 Å². The molecule has 0 aliphatic heterocycles. The molecule has 0 bridgehead atoms. The summed E-state index contributed by atoms with van der Waals surface area (Å²) in [6.07, 6.45) is 0. The van der Waals surface area contributed by atoms with Crippen molar-refractivity contribution in [1.82, 2.24) is 4.98 Å². The number of benzene rings is 2. The highest BCUT2D eigenvalue weighted by Crippen LogP contribution is 2.24. The normalized spacial score (nSPS) is 10.9. The summed E-state index contributed by atoms with van der Waals surface area (Å²) in [5, 5.41) is 0. The smallest absolute Gasteiger partial charge is 0.209 e. The highest BCUT2D eigenvalue weighted by molar-refractivity contribution is 5.80. The average Bonchev–Trinajstić information content (AvgIpc) is 2.81. The molecule has 1 aromatic heterocycles. The van der Waals surface area contributed by atoms with Crippen LogP contribution in [0.15, 0.2) is 52.9 Å². The molecule has 0 saturated carbocycles. The van der Waals surface area contributed by atoms with Gasteiger partial charge >= 0.3 is 0 Å². The Morgan fingerprint density at radius 1 is 1.00 bits per heavy atom. The first-order valence-corrected chi connectivity index (χ1v) is 5.52. The number of aromatic nitrogens is 1. The van der Waals surface area contributed by atoms with E-state index in [-0.39, 0.29) is 0 Å². The molecule has 0 atom stereocenters. The standard InChI is InChI=1S/C14H12N2O/c15-9-14-16-12-8-11(6-7-13(12)17-14)10-4-2-1-3-5-10/h1-8H,9,15H2. The third-order valence-electron chi connectivity index (χ3n) is 2.71. The minimum absolute atomic E-state index is 0.329. The van der Waals surface area contributed by atoms with Crippen LogP contribution in [0.2, 0.25) is 0 Å². The zero-order valence-electron chi connectivity index (χ0n) is 9.26. The first-order valence-electron chi connectivity index (χ1n) is 5.52. The van der Waals surface area contributed by atoms with Gasteiger partial charge in [-0.15, -0.1) is 0 Å². The van der Waals surface area contributed by atoms with Gasteiger partial charge in [-0.3, -0.25) is 0 Å². The lowest BCUT2D eigenvalue weighted by Gasteiger charge is -1.99. The van der Waals surface area contributed by atoms with E-state index in [1.165, 1.54) is 5.56 Å². The second-order valence-electron chi connectivity index (χ2n) is 3.86. The van der Waals surface area contributed by atoms with Crippen molar-refractivity contribution in [3.63, 3.8) is 0 Å². The molecular formula is C14H12N2O. The third-order valence-corrected chi connectivity index (χ3v) is 2.71. The number of fused-ring (bicyclic) bond motifs is 1. The minimum Gasteiger partial charge on any atom is -0.439 e. The van der Waals surface area contributed by atoms with Crippen molar-refractivity contribution in [2.45, 2.75) is 6.54 Å². The van der Waals surface area contributed by atoms with Gasteiger partial charge in [-0.25, -0.2) is 4.98 Å². The lowest BCUT2D eigenvalue weighted by Crippen LogP contribution is -1.94. The maximum atomic E-state index is 5.51. The molecule has 0 radical (unpaired) electrons. The molecule has 3 aromatic rings. The average molecular weight is 224 g/mol. The summed E-state index contributed by atoms with van der Waals surface area (Å²) >= 11 is 0. The van der Waals surface area contributed by atoms with E-state index < -0.39 is 0 Å². The van der Waals surface area contributed by atoms with Crippen LogP contribution in [0.5, 0.6) is 0 Å². The second-order valence-corrected chi connectivity index (χ2v) is 3.86. The number of oxazole rings is 1. The molecule has 2 aromatic carbocycles. The first-order chi connectivity index (χ1) is 8.36. The Hall–Kier alpha value is -2.13. The van der Waals surface area contributed by atoms with Crippen LogP contribution in [0.4, 0.5) is 0 Å². The van der Waals surface area contributed by atoms with Crippen LogP contribution < -0.4 is 5.73 Å². The molecule has 0 amide bonds. The minimum atomic E-state index is 0.329. The van der Waals surface area contributed by atoms with Crippen LogP contribution in [0.1, 0.15) is 5.89 Å². The van der Waals surface area contributed by atoms with E-state index in [1.807, 2.05) is 36.4 Å². The summed E-state index contributed by atoms with van der Waals surface area (Å²) in [6.45, 7) is 0.329. The number of nitrogens with two attached hydrogens (primary N) is 1. The fourth-order valence-electron chi connectivity index (χ4n) is 1.87. The SMILES string of the molecule is NCc1nc2cc(-c3ccccc3)ccc2o1. The molecule has 0 spiro atoms. The maximum absolute atomic E-state index is 5.51. The van der Waals surface area contributed by atoms with Crippen molar-refractivity contribution < 1.29 is 4.42 Å². The van der Waals surface area contributed by atoms with Crippen LogP contribution in [0, 0.1) is 0 Å². The lowest BCUT2D eigenvalue weighted by molar-refractivity contribution is 0.533. The zero-order valence-corrected chi connectivity index (χ0v) is 9.26. The Bertz CT molecular complexity index is 644. The summed E-state index contributed by atoms with van der Waals surface area (Å²) in [6, 6.07) is 16.2. The van der Waals surface area contributed by atoms with E-state index in [4.69, 9.17) is 10.2 Å². The lowest BCUT2D eigenvalue weighted by atomic mass is 10.1. The van der Waals surface area contributed by atoms with Gasteiger partial charge in [0.2, 0.25) is 5.89 Å². The number of rotatable bonds is 2. The van der Waals surface area contributed by atoms with Gasteiger partial charge in [0.1, 0.15) is 5.52 Å².